The molecule has 0 spiro atoms. The van der Waals surface area contributed by atoms with Crippen molar-refractivity contribution in [3.8, 4) is 0 Å². The summed E-state index contributed by atoms with van der Waals surface area (Å²) in [6.45, 7) is -0.494. The van der Waals surface area contributed by atoms with Crippen LogP contribution in [-0.2, 0) is 9.59 Å². The first-order chi connectivity index (χ1) is 5.56. The Kier molecular flexibility index (Phi) is 4.98. The monoisotopic (exact) mass is 176 g/mol. The number of aliphatic hydroxyl groups is 1. The van der Waals surface area contributed by atoms with Gasteiger partial charge in [0.2, 0.25) is 5.91 Å². The molecule has 0 saturated heterocycles. The highest BCUT2D eigenvalue weighted by molar-refractivity contribution is 5.77. The molecular formula is C6H12N2O4. The maximum atomic E-state index is 10.4. The third-order valence-electron chi connectivity index (χ3n) is 1.15. The fourth-order valence-corrected chi connectivity index (χ4v) is 0.767. The summed E-state index contributed by atoms with van der Waals surface area (Å²) in [6, 6.07) is 0. The minimum Gasteiger partial charge on any atom is -0.480 e. The fourth-order valence-electron chi connectivity index (χ4n) is 0.767. The minimum absolute atomic E-state index is 0.134. The van der Waals surface area contributed by atoms with E-state index in [2.05, 4.69) is 0 Å². The number of aliphatic hydroxyl groups excluding tert-OH is 1. The Labute approximate surface area is 69.6 Å². The number of carboxylic acids is 1. The van der Waals surface area contributed by atoms with E-state index in [0.717, 1.165) is 0 Å². The summed E-state index contributed by atoms with van der Waals surface area (Å²) >= 11 is 0. The maximum absolute atomic E-state index is 10.4. The average molecular weight is 176 g/mol. The summed E-state index contributed by atoms with van der Waals surface area (Å²) in [7, 11) is 0. The number of rotatable bonds is 6. The van der Waals surface area contributed by atoms with Gasteiger partial charge in [0.25, 0.3) is 0 Å². The van der Waals surface area contributed by atoms with E-state index in [1.807, 2.05) is 0 Å². The fraction of sp³-hybridized carbons (Fsp3) is 0.667. The van der Waals surface area contributed by atoms with Crippen molar-refractivity contribution < 1.29 is 19.8 Å². The predicted molar refractivity (Wildman–Crippen MR) is 40.4 cm³/mol. The van der Waals surface area contributed by atoms with Gasteiger partial charge in [0.15, 0.2) is 0 Å². The number of carboxylic acid groups (broad SMARTS) is 1. The summed E-state index contributed by atoms with van der Waals surface area (Å²) in [6.07, 6.45) is 0. The van der Waals surface area contributed by atoms with E-state index in [4.69, 9.17) is 15.9 Å². The molecule has 0 atom stereocenters. The first-order valence-electron chi connectivity index (χ1n) is 3.39. The van der Waals surface area contributed by atoms with E-state index < -0.39 is 11.9 Å². The largest absolute Gasteiger partial charge is 0.480 e. The molecule has 0 aromatic heterocycles. The van der Waals surface area contributed by atoms with Crippen LogP contribution in [0.5, 0.6) is 0 Å². The number of amides is 1. The lowest BCUT2D eigenvalue weighted by Gasteiger charge is -2.16. The SMILES string of the molecule is NC(=O)CN(CCO)CC(=O)O. The lowest BCUT2D eigenvalue weighted by molar-refractivity contribution is -0.138. The Morgan fingerprint density at radius 3 is 2.25 bits per heavy atom. The molecule has 12 heavy (non-hydrogen) atoms. The Hall–Kier alpha value is -1.14. The molecule has 6 heteroatoms. The highest BCUT2D eigenvalue weighted by Crippen LogP contribution is 1.85. The van der Waals surface area contributed by atoms with Crippen molar-refractivity contribution >= 4 is 11.9 Å². The molecule has 1 amide bonds. The van der Waals surface area contributed by atoms with Crippen molar-refractivity contribution in [3.05, 3.63) is 0 Å². The number of primary amides is 1. The van der Waals surface area contributed by atoms with Crippen LogP contribution in [0.3, 0.4) is 0 Å². The molecule has 0 aromatic carbocycles. The standard InChI is InChI=1S/C6H12N2O4/c7-5(10)3-8(1-2-9)4-6(11)12/h9H,1-4H2,(H2,7,10)(H,11,12). The molecule has 70 valence electrons. The Morgan fingerprint density at radius 1 is 1.33 bits per heavy atom. The van der Waals surface area contributed by atoms with Crippen LogP contribution < -0.4 is 5.73 Å². The van der Waals surface area contributed by atoms with Crippen LogP contribution >= 0.6 is 0 Å². The van der Waals surface area contributed by atoms with Crippen LogP contribution in [0.1, 0.15) is 0 Å². The van der Waals surface area contributed by atoms with Crippen molar-refractivity contribution in [2.45, 2.75) is 0 Å². The zero-order chi connectivity index (χ0) is 9.56. The Bertz CT molecular complexity index is 155. The second-order valence-corrected chi connectivity index (χ2v) is 2.29. The van der Waals surface area contributed by atoms with Gasteiger partial charge < -0.3 is 15.9 Å². The van der Waals surface area contributed by atoms with E-state index >= 15 is 0 Å². The Balaban J connectivity index is 3.85. The number of aliphatic carboxylic acids is 1. The third kappa shape index (κ3) is 5.63. The third-order valence-corrected chi connectivity index (χ3v) is 1.15. The van der Waals surface area contributed by atoms with Crippen molar-refractivity contribution in [1.29, 1.82) is 0 Å². The molecule has 0 aliphatic carbocycles. The average Bonchev–Trinajstić information content (AvgIpc) is 1.84. The van der Waals surface area contributed by atoms with Gasteiger partial charge in [0, 0.05) is 6.54 Å². The zero-order valence-electron chi connectivity index (χ0n) is 6.56. The first kappa shape index (κ1) is 10.9. The molecule has 0 aliphatic heterocycles. The van der Waals surface area contributed by atoms with Gasteiger partial charge in [0.05, 0.1) is 19.7 Å². The van der Waals surface area contributed by atoms with Crippen molar-refractivity contribution in [2.75, 3.05) is 26.2 Å². The second kappa shape index (κ2) is 5.50. The van der Waals surface area contributed by atoms with Crippen molar-refractivity contribution in [2.24, 2.45) is 5.73 Å². The molecule has 0 fully saturated rings. The normalized spacial score (nSPS) is 10.2. The topological polar surface area (TPSA) is 104 Å². The molecule has 6 nitrogen and oxygen atoms in total. The van der Waals surface area contributed by atoms with Gasteiger partial charge in [-0.25, -0.2) is 0 Å². The summed E-state index contributed by atoms with van der Waals surface area (Å²) in [5.41, 5.74) is 4.84. The molecule has 0 unspecified atom stereocenters. The van der Waals surface area contributed by atoms with E-state index in [-0.39, 0.29) is 26.2 Å². The second-order valence-electron chi connectivity index (χ2n) is 2.29. The first-order valence-corrected chi connectivity index (χ1v) is 3.39. The van der Waals surface area contributed by atoms with Crippen LogP contribution in [-0.4, -0.2) is 53.2 Å². The summed E-state index contributed by atoms with van der Waals surface area (Å²) in [5, 5.41) is 16.8. The van der Waals surface area contributed by atoms with Gasteiger partial charge in [-0.3, -0.25) is 14.5 Å². The van der Waals surface area contributed by atoms with E-state index in [1.165, 1.54) is 4.90 Å². The Morgan fingerprint density at radius 2 is 1.92 bits per heavy atom. The molecule has 0 aromatic rings. The van der Waals surface area contributed by atoms with Crippen LogP contribution in [0.15, 0.2) is 0 Å². The quantitative estimate of drug-likeness (QED) is 0.428. The van der Waals surface area contributed by atoms with Crippen LogP contribution in [0.4, 0.5) is 0 Å². The molecule has 0 heterocycles. The molecule has 0 radical (unpaired) electrons. The summed E-state index contributed by atoms with van der Waals surface area (Å²) in [4.78, 5) is 21.8. The number of carbonyl (C=O) groups is 2. The highest BCUT2D eigenvalue weighted by Gasteiger charge is 2.10. The highest BCUT2D eigenvalue weighted by atomic mass is 16.4. The summed E-state index contributed by atoms with van der Waals surface area (Å²) in [5.74, 6) is -1.66. The van der Waals surface area contributed by atoms with Crippen LogP contribution in [0.25, 0.3) is 0 Å². The molecular weight excluding hydrogens is 164 g/mol. The van der Waals surface area contributed by atoms with Crippen molar-refractivity contribution in [1.82, 2.24) is 4.90 Å². The van der Waals surface area contributed by atoms with Crippen LogP contribution in [0.2, 0.25) is 0 Å². The number of nitrogens with zero attached hydrogens (tertiary/aromatic N) is 1. The minimum atomic E-state index is -1.05. The molecule has 0 aliphatic rings. The number of carbonyl (C=O) groups excluding carboxylic acids is 1. The molecule has 0 saturated carbocycles. The van der Waals surface area contributed by atoms with Gasteiger partial charge in [-0.15, -0.1) is 0 Å². The van der Waals surface area contributed by atoms with Gasteiger partial charge in [-0.2, -0.15) is 0 Å². The smallest absolute Gasteiger partial charge is 0.317 e. The van der Waals surface area contributed by atoms with E-state index in [1.54, 1.807) is 0 Å². The summed E-state index contributed by atoms with van der Waals surface area (Å²) < 4.78 is 0. The maximum Gasteiger partial charge on any atom is 0.317 e. The molecule has 0 bridgehead atoms. The van der Waals surface area contributed by atoms with Crippen LogP contribution in [0, 0.1) is 0 Å². The van der Waals surface area contributed by atoms with E-state index in [0.29, 0.717) is 0 Å². The predicted octanol–water partition coefficient (Wildman–Crippen LogP) is -2.15. The van der Waals surface area contributed by atoms with Gasteiger partial charge in [-0.05, 0) is 0 Å². The van der Waals surface area contributed by atoms with E-state index in [9.17, 15) is 9.59 Å². The van der Waals surface area contributed by atoms with Gasteiger partial charge in [-0.1, -0.05) is 0 Å². The molecule has 0 rings (SSSR count). The zero-order valence-corrected chi connectivity index (χ0v) is 6.56. The van der Waals surface area contributed by atoms with Gasteiger partial charge >= 0.3 is 5.97 Å². The number of nitrogens with two attached hydrogens (primary N) is 1. The van der Waals surface area contributed by atoms with Gasteiger partial charge in [0.1, 0.15) is 0 Å². The van der Waals surface area contributed by atoms with Crippen molar-refractivity contribution in [3.63, 3.8) is 0 Å². The number of hydrogen-bond acceptors (Lipinski definition) is 4. The lowest BCUT2D eigenvalue weighted by atomic mass is 10.4. The number of hydrogen-bond donors (Lipinski definition) is 3. The molecule has 4 N–H and O–H groups in total. The lowest BCUT2D eigenvalue weighted by Crippen LogP contribution is -2.38.